The second-order valence-corrected chi connectivity index (χ2v) is 10.8. The maximum Gasteiger partial charge on any atom is 0.287 e. The summed E-state index contributed by atoms with van der Waals surface area (Å²) in [7, 11) is -3.92. The van der Waals surface area contributed by atoms with Crippen molar-refractivity contribution < 1.29 is 22.9 Å². The standard InChI is InChI=1S/C21H21ClN6O6S2/c22-15-3-1-14(2-4-15)21(30)26-12-17-6-8-20(35-17)36(33,34)27-13-19(29)24-10-9-23-18-7-5-16(11-25-18)28(31)32/h1-8,11,27H,9-10,12-13H2,(H,23,25)(H,24,29)(H,26,30). The van der Waals surface area contributed by atoms with Gasteiger partial charge in [-0.25, -0.2) is 18.1 Å². The minimum atomic E-state index is -3.92. The van der Waals surface area contributed by atoms with E-state index in [2.05, 4.69) is 25.7 Å². The summed E-state index contributed by atoms with van der Waals surface area (Å²) >= 11 is 6.78. The Labute approximate surface area is 215 Å². The molecule has 0 radical (unpaired) electrons. The second kappa shape index (κ2) is 12.4. The first-order valence-corrected chi connectivity index (χ1v) is 13.0. The summed E-state index contributed by atoms with van der Waals surface area (Å²) in [6, 6.07) is 12.1. The molecule has 2 amide bonds. The van der Waals surface area contributed by atoms with Gasteiger partial charge in [0, 0.05) is 34.6 Å². The molecule has 0 atom stereocenters. The number of anilines is 1. The average Bonchev–Trinajstić information content (AvgIpc) is 3.35. The number of pyridine rings is 1. The van der Waals surface area contributed by atoms with Crippen LogP contribution in [0.25, 0.3) is 0 Å². The fraction of sp³-hybridized carbons (Fsp3) is 0.190. The third-order valence-electron chi connectivity index (χ3n) is 4.57. The van der Waals surface area contributed by atoms with Gasteiger partial charge in [0.25, 0.3) is 21.6 Å². The average molecular weight is 553 g/mol. The molecule has 3 rings (SSSR count). The van der Waals surface area contributed by atoms with Gasteiger partial charge in [0.05, 0.1) is 18.0 Å². The molecule has 1 aromatic carbocycles. The first kappa shape index (κ1) is 27.0. The molecule has 12 nitrogen and oxygen atoms in total. The van der Waals surface area contributed by atoms with Crippen molar-refractivity contribution >= 4 is 56.3 Å². The Morgan fingerprint density at radius 2 is 1.78 bits per heavy atom. The number of aromatic nitrogens is 1. The van der Waals surface area contributed by atoms with Crippen LogP contribution in [0.1, 0.15) is 15.2 Å². The molecule has 15 heteroatoms. The first-order chi connectivity index (χ1) is 17.1. The number of carbonyl (C=O) groups excluding carboxylic acids is 2. The normalized spacial score (nSPS) is 11.0. The van der Waals surface area contributed by atoms with E-state index in [1.165, 1.54) is 18.2 Å². The summed E-state index contributed by atoms with van der Waals surface area (Å²) in [6.07, 6.45) is 1.11. The van der Waals surface area contributed by atoms with Crippen LogP contribution in [-0.4, -0.2) is 49.8 Å². The Hall–Kier alpha value is -3.59. The van der Waals surface area contributed by atoms with Crippen LogP contribution >= 0.6 is 22.9 Å². The lowest BCUT2D eigenvalue weighted by molar-refractivity contribution is -0.385. The molecule has 0 saturated heterocycles. The Kier molecular flexibility index (Phi) is 9.30. The number of halogens is 1. The van der Waals surface area contributed by atoms with Crippen LogP contribution in [0.3, 0.4) is 0 Å². The van der Waals surface area contributed by atoms with Gasteiger partial charge in [-0.05, 0) is 42.5 Å². The van der Waals surface area contributed by atoms with Crippen LogP contribution in [0.4, 0.5) is 11.5 Å². The van der Waals surface area contributed by atoms with Crippen LogP contribution in [-0.2, 0) is 21.4 Å². The lowest BCUT2D eigenvalue weighted by Gasteiger charge is -2.08. The van der Waals surface area contributed by atoms with Gasteiger partial charge in [0.1, 0.15) is 16.2 Å². The molecule has 190 valence electrons. The van der Waals surface area contributed by atoms with E-state index in [0.717, 1.165) is 17.5 Å². The van der Waals surface area contributed by atoms with Crippen molar-refractivity contribution in [3.8, 4) is 0 Å². The van der Waals surface area contributed by atoms with Crippen molar-refractivity contribution in [2.45, 2.75) is 10.8 Å². The van der Waals surface area contributed by atoms with E-state index in [1.807, 2.05) is 0 Å². The molecule has 36 heavy (non-hydrogen) atoms. The topological polar surface area (TPSA) is 172 Å². The molecule has 3 aromatic rings. The Balaban J connectivity index is 1.39. The highest BCUT2D eigenvalue weighted by molar-refractivity contribution is 7.91. The number of hydrogen-bond donors (Lipinski definition) is 4. The van der Waals surface area contributed by atoms with Gasteiger partial charge in [-0.2, -0.15) is 0 Å². The van der Waals surface area contributed by atoms with Gasteiger partial charge >= 0.3 is 0 Å². The second-order valence-electron chi connectivity index (χ2n) is 7.17. The Bertz CT molecular complexity index is 1330. The van der Waals surface area contributed by atoms with Gasteiger partial charge in [0.2, 0.25) is 5.91 Å². The van der Waals surface area contributed by atoms with E-state index < -0.39 is 27.4 Å². The van der Waals surface area contributed by atoms with Gasteiger partial charge in [-0.15, -0.1) is 11.3 Å². The number of amides is 2. The Morgan fingerprint density at radius 3 is 2.44 bits per heavy atom. The highest BCUT2D eigenvalue weighted by Crippen LogP contribution is 2.21. The number of thiophene rings is 1. The molecule has 0 aliphatic heterocycles. The highest BCUT2D eigenvalue weighted by Gasteiger charge is 2.18. The molecular weight excluding hydrogens is 532 g/mol. The maximum absolute atomic E-state index is 12.5. The van der Waals surface area contributed by atoms with Crippen LogP contribution in [0, 0.1) is 10.1 Å². The number of nitrogens with zero attached hydrogens (tertiary/aromatic N) is 2. The van der Waals surface area contributed by atoms with Gasteiger partial charge in [-0.1, -0.05) is 11.6 Å². The summed E-state index contributed by atoms with van der Waals surface area (Å²) in [5.74, 6) is -0.462. The van der Waals surface area contributed by atoms with Gasteiger partial charge in [-0.3, -0.25) is 19.7 Å². The number of nitro groups is 1. The minimum Gasteiger partial charge on any atom is -0.368 e. The molecule has 2 heterocycles. The van der Waals surface area contributed by atoms with Crippen LogP contribution < -0.4 is 20.7 Å². The quantitative estimate of drug-likeness (QED) is 0.150. The van der Waals surface area contributed by atoms with Crippen molar-refractivity contribution in [1.29, 1.82) is 0 Å². The molecule has 0 unspecified atom stereocenters. The van der Waals surface area contributed by atoms with E-state index in [9.17, 15) is 28.1 Å². The molecule has 0 aliphatic rings. The summed E-state index contributed by atoms with van der Waals surface area (Å²) in [5.41, 5.74) is 0.289. The van der Waals surface area contributed by atoms with Gasteiger partial charge < -0.3 is 16.0 Å². The predicted molar refractivity (Wildman–Crippen MR) is 135 cm³/mol. The molecule has 0 spiro atoms. The zero-order chi connectivity index (χ0) is 26.1. The van der Waals surface area contributed by atoms with Crippen LogP contribution in [0.15, 0.2) is 58.9 Å². The SMILES string of the molecule is O=C(CNS(=O)(=O)c1ccc(CNC(=O)c2ccc(Cl)cc2)s1)NCCNc1ccc([N+](=O)[O-])cn1. The summed E-state index contributed by atoms with van der Waals surface area (Å²) in [6.45, 7) is 0.131. The molecule has 2 aromatic heterocycles. The zero-order valence-corrected chi connectivity index (χ0v) is 21.0. The maximum atomic E-state index is 12.5. The van der Waals surface area contributed by atoms with Crippen molar-refractivity contribution in [3.05, 3.63) is 80.3 Å². The number of benzene rings is 1. The van der Waals surface area contributed by atoms with E-state index in [0.29, 0.717) is 21.3 Å². The molecule has 4 N–H and O–H groups in total. The number of sulfonamides is 1. The Morgan fingerprint density at radius 1 is 1.03 bits per heavy atom. The van der Waals surface area contributed by atoms with Crippen molar-refractivity contribution in [1.82, 2.24) is 20.3 Å². The number of nitrogens with one attached hydrogen (secondary N) is 4. The lowest BCUT2D eigenvalue weighted by Crippen LogP contribution is -2.38. The van der Waals surface area contributed by atoms with E-state index in [-0.39, 0.29) is 35.4 Å². The third-order valence-corrected chi connectivity index (χ3v) is 7.80. The molecular formula is C21H21ClN6O6S2. The molecule has 0 bridgehead atoms. The molecule has 0 aliphatic carbocycles. The number of carbonyl (C=O) groups is 2. The van der Waals surface area contributed by atoms with Crippen LogP contribution in [0.2, 0.25) is 5.02 Å². The van der Waals surface area contributed by atoms with Crippen molar-refractivity contribution in [3.63, 3.8) is 0 Å². The highest BCUT2D eigenvalue weighted by atomic mass is 35.5. The third kappa shape index (κ3) is 7.98. The largest absolute Gasteiger partial charge is 0.368 e. The fourth-order valence-electron chi connectivity index (χ4n) is 2.75. The molecule has 0 fully saturated rings. The predicted octanol–water partition coefficient (Wildman–Crippen LogP) is 2.14. The van der Waals surface area contributed by atoms with Crippen LogP contribution in [0.5, 0.6) is 0 Å². The fourth-order valence-corrected chi connectivity index (χ4v) is 5.20. The summed E-state index contributed by atoms with van der Waals surface area (Å²) < 4.78 is 27.2. The van der Waals surface area contributed by atoms with E-state index in [4.69, 9.17) is 11.6 Å². The monoisotopic (exact) mass is 552 g/mol. The first-order valence-electron chi connectivity index (χ1n) is 10.4. The van der Waals surface area contributed by atoms with Gasteiger partial charge in [0.15, 0.2) is 0 Å². The number of rotatable bonds is 12. The number of hydrogen-bond acceptors (Lipinski definition) is 9. The summed E-state index contributed by atoms with van der Waals surface area (Å²) in [4.78, 5) is 38.7. The van der Waals surface area contributed by atoms with E-state index in [1.54, 1.807) is 30.3 Å². The van der Waals surface area contributed by atoms with E-state index >= 15 is 0 Å². The van der Waals surface area contributed by atoms with Crippen molar-refractivity contribution in [2.24, 2.45) is 0 Å². The summed E-state index contributed by atoms with van der Waals surface area (Å²) in [5, 5.41) is 19.3. The van der Waals surface area contributed by atoms with Crippen molar-refractivity contribution in [2.75, 3.05) is 25.0 Å². The zero-order valence-electron chi connectivity index (χ0n) is 18.6. The minimum absolute atomic E-state index is 0.0111. The lowest BCUT2D eigenvalue weighted by atomic mass is 10.2. The molecule has 0 saturated carbocycles. The smallest absolute Gasteiger partial charge is 0.287 e.